The number of anilines is 1. The van der Waals surface area contributed by atoms with Crippen LogP contribution in [-0.2, 0) is 18.0 Å². The normalized spacial score (nSPS) is 21.7. The van der Waals surface area contributed by atoms with Gasteiger partial charge in [0.15, 0.2) is 0 Å². The quantitative estimate of drug-likeness (QED) is 0.873. The molecule has 2 aromatic rings. The highest BCUT2D eigenvalue weighted by molar-refractivity contribution is 6.05. The van der Waals surface area contributed by atoms with Gasteiger partial charge in [0.2, 0.25) is 0 Å². The van der Waals surface area contributed by atoms with Crippen molar-refractivity contribution in [3.05, 3.63) is 63.1 Å². The van der Waals surface area contributed by atoms with Gasteiger partial charge in [-0.15, -0.1) is 0 Å². The summed E-state index contributed by atoms with van der Waals surface area (Å²) in [6.07, 6.45) is 4.34. The molecular formula is C21H24N2O4. The Kier molecular flexibility index (Phi) is 4.85. The van der Waals surface area contributed by atoms with Crippen LogP contribution in [0.4, 0.5) is 5.69 Å². The van der Waals surface area contributed by atoms with Gasteiger partial charge in [-0.2, -0.15) is 0 Å². The molecule has 2 N–H and O–H groups in total. The van der Waals surface area contributed by atoms with Crippen molar-refractivity contribution in [3.63, 3.8) is 0 Å². The Balaban J connectivity index is 1.60. The van der Waals surface area contributed by atoms with Gasteiger partial charge >= 0.3 is 0 Å². The smallest absolute Gasteiger partial charge is 0.263 e. The molecule has 0 radical (unpaired) electrons. The van der Waals surface area contributed by atoms with E-state index in [0.717, 1.165) is 24.0 Å². The monoisotopic (exact) mass is 368 g/mol. The number of nitrogens with one attached hydrogen (secondary N) is 1. The summed E-state index contributed by atoms with van der Waals surface area (Å²) in [5.74, 6) is -0.387. The van der Waals surface area contributed by atoms with Crippen LogP contribution in [0.3, 0.4) is 0 Å². The van der Waals surface area contributed by atoms with E-state index < -0.39 is 0 Å². The van der Waals surface area contributed by atoms with E-state index in [1.54, 1.807) is 17.7 Å². The van der Waals surface area contributed by atoms with Crippen LogP contribution in [0, 0.1) is 6.92 Å². The molecule has 1 saturated carbocycles. The average Bonchev–Trinajstić information content (AvgIpc) is 3.11. The van der Waals surface area contributed by atoms with E-state index in [-0.39, 0.29) is 29.2 Å². The summed E-state index contributed by atoms with van der Waals surface area (Å²) in [4.78, 5) is 25.9. The van der Waals surface area contributed by atoms with E-state index in [9.17, 15) is 14.7 Å². The second-order valence-corrected chi connectivity index (χ2v) is 7.48. The van der Waals surface area contributed by atoms with Crippen molar-refractivity contribution in [2.24, 2.45) is 0 Å². The lowest BCUT2D eigenvalue weighted by Crippen LogP contribution is -2.34. The second kappa shape index (κ2) is 7.29. The van der Waals surface area contributed by atoms with E-state index in [1.165, 1.54) is 0 Å². The number of benzene rings is 1. The topological polar surface area (TPSA) is 80.6 Å². The average molecular weight is 368 g/mol. The number of aromatic nitrogens is 1. The molecule has 0 spiro atoms. The number of amides is 1. The lowest BCUT2D eigenvalue weighted by molar-refractivity contribution is 0.101. The summed E-state index contributed by atoms with van der Waals surface area (Å²) in [7, 11) is 0. The first-order chi connectivity index (χ1) is 13.0. The number of nitrogens with zero attached hydrogens (tertiary/aromatic N) is 1. The van der Waals surface area contributed by atoms with Crippen LogP contribution in [-0.4, -0.2) is 21.7 Å². The largest absolute Gasteiger partial charge is 0.393 e. The van der Waals surface area contributed by atoms with Crippen molar-refractivity contribution in [2.45, 2.75) is 58.0 Å². The highest BCUT2D eigenvalue weighted by Crippen LogP contribution is 2.28. The Hall–Kier alpha value is -2.44. The number of carbonyl (C=O) groups is 1. The van der Waals surface area contributed by atoms with Gasteiger partial charge in [0, 0.05) is 17.9 Å². The molecule has 2 heterocycles. The van der Waals surface area contributed by atoms with Gasteiger partial charge in [-0.05, 0) is 67.5 Å². The Labute approximate surface area is 157 Å². The number of rotatable bonds is 3. The number of hydrogen-bond acceptors (Lipinski definition) is 4. The van der Waals surface area contributed by atoms with Gasteiger partial charge in [0.05, 0.1) is 19.3 Å². The molecule has 1 aromatic carbocycles. The van der Waals surface area contributed by atoms with E-state index in [1.807, 2.05) is 24.3 Å². The van der Waals surface area contributed by atoms with E-state index in [4.69, 9.17) is 4.74 Å². The van der Waals surface area contributed by atoms with Crippen molar-refractivity contribution in [1.29, 1.82) is 0 Å². The Morgan fingerprint density at radius 3 is 2.67 bits per heavy atom. The van der Waals surface area contributed by atoms with Gasteiger partial charge in [0.1, 0.15) is 5.56 Å². The molecule has 6 heteroatoms. The highest BCUT2D eigenvalue weighted by Gasteiger charge is 2.24. The van der Waals surface area contributed by atoms with Crippen LogP contribution in [0.5, 0.6) is 0 Å². The minimum Gasteiger partial charge on any atom is -0.393 e. The Morgan fingerprint density at radius 2 is 1.89 bits per heavy atom. The number of pyridine rings is 1. The van der Waals surface area contributed by atoms with Crippen molar-refractivity contribution in [2.75, 3.05) is 5.32 Å². The van der Waals surface area contributed by atoms with Crippen LogP contribution in [0.15, 0.2) is 35.3 Å². The molecule has 1 amide bonds. The molecule has 0 bridgehead atoms. The van der Waals surface area contributed by atoms with Gasteiger partial charge in [-0.1, -0.05) is 6.07 Å². The maximum absolute atomic E-state index is 13.0. The van der Waals surface area contributed by atoms with Crippen molar-refractivity contribution in [3.8, 4) is 0 Å². The zero-order valence-electron chi connectivity index (χ0n) is 15.4. The number of aliphatic hydroxyl groups excluding tert-OH is 1. The molecule has 1 aliphatic carbocycles. The number of carbonyl (C=O) groups excluding carboxylic acids is 1. The standard InChI is InChI=1S/C21H24N2O4/c1-13-8-9-23(17-4-6-18(24)7-5-17)21(26)19(13)20(25)22-16-3-2-14-11-27-12-15(14)10-16/h2-3,8-10,17-18,24H,4-7,11-12H2,1H3,(H,22,25). The number of hydrogen-bond donors (Lipinski definition) is 2. The number of aryl methyl sites for hydroxylation is 1. The Bertz CT molecular complexity index is 926. The molecular weight excluding hydrogens is 344 g/mol. The maximum atomic E-state index is 13.0. The minimum atomic E-state index is -0.387. The summed E-state index contributed by atoms with van der Waals surface area (Å²) in [6.45, 7) is 2.92. The van der Waals surface area contributed by atoms with E-state index in [2.05, 4.69) is 5.32 Å². The van der Waals surface area contributed by atoms with Gasteiger partial charge in [-0.25, -0.2) is 0 Å². The fraction of sp³-hybridized carbons (Fsp3) is 0.429. The third-order valence-corrected chi connectivity index (χ3v) is 5.59. The molecule has 2 aliphatic rings. The van der Waals surface area contributed by atoms with Gasteiger partial charge in [0.25, 0.3) is 11.5 Å². The zero-order chi connectivity index (χ0) is 19.0. The minimum absolute atomic E-state index is 0.0326. The van der Waals surface area contributed by atoms with Crippen LogP contribution in [0.25, 0.3) is 0 Å². The van der Waals surface area contributed by atoms with Gasteiger partial charge < -0.3 is 19.7 Å². The molecule has 1 aromatic heterocycles. The van der Waals surface area contributed by atoms with Crippen molar-refractivity contribution >= 4 is 11.6 Å². The Morgan fingerprint density at radius 1 is 1.15 bits per heavy atom. The summed E-state index contributed by atoms with van der Waals surface area (Å²) in [5.41, 5.74) is 3.44. The summed E-state index contributed by atoms with van der Waals surface area (Å²) < 4.78 is 7.06. The van der Waals surface area contributed by atoms with E-state index in [0.29, 0.717) is 37.3 Å². The molecule has 142 valence electrons. The maximum Gasteiger partial charge on any atom is 0.263 e. The van der Waals surface area contributed by atoms with Gasteiger partial charge in [-0.3, -0.25) is 9.59 Å². The summed E-state index contributed by atoms with van der Waals surface area (Å²) >= 11 is 0. The highest BCUT2D eigenvalue weighted by atomic mass is 16.5. The lowest BCUT2D eigenvalue weighted by Gasteiger charge is -2.27. The number of ether oxygens (including phenoxy) is 1. The SMILES string of the molecule is Cc1ccn(C2CCC(O)CC2)c(=O)c1C(=O)Nc1ccc2c(c1)COC2. The molecule has 0 unspecified atom stereocenters. The first-order valence-corrected chi connectivity index (χ1v) is 9.43. The van der Waals surface area contributed by atoms with Crippen molar-refractivity contribution in [1.82, 2.24) is 4.57 Å². The van der Waals surface area contributed by atoms with E-state index >= 15 is 0 Å². The first-order valence-electron chi connectivity index (χ1n) is 9.43. The third-order valence-electron chi connectivity index (χ3n) is 5.59. The first kappa shape index (κ1) is 17.9. The van der Waals surface area contributed by atoms with Crippen LogP contribution in [0.1, 0.15) is 58.8 Å². The van der Waals surface area contributed by atoms with Crippen LogP contribution >= 0.6 is 0 Å². The third kappa shape index (κ3) is 3.55. The van der Waals surface area contributed by atoms with Crippen LogP contribution < -0.4 is 10.9 Å². The molecule has 1 fully saturated rings. The predicted octanol–water partition coefficient (Wildman–Crippen LogP) is 2.92. The molecule has 6 nitrogen and oxygen atoms in total. The lowest BCUT2D eigenvalue weighted by atomic mass is 9.92. The fourth-order valence-corrected chi connectivity index (χ4v) is 3.98. The van der Waals surface area contributed by atoms with Crippen molar-refractivity contribution < 1.29 is 14.6 Å². The number of aliphatic hydroxyl groups is 1. The molecule has 0 saturated heterocycles. The molecule has 27 heavy (non-hydrogen) atoms. The summed E-state index contributed by atoms with van der Waals surface area (Å²) in [6, 6.07) is 7.54. The van der Waals surface area contributed by atoms with Crippen LogP contribution in [0.2, 0.25) is 0 Å². The predicted molar refractivity (Wildman–Crippen MR) is 102 cm³/mol. The zero-order valence-corrected chi connectivity index (χ0v) is 15.4. The molecule has 4 rings (SSSR count). The number of fused-ring (bicyclic) bond motifs is 1. The fourth-order valence-electron chi connectivity index (χ4n) is 3.98. The summed E-state index contributed by atoms with van der Waals surface area (Å²) in [5, 5.41) is 12.6. The molecule has 0 atom stereocenters. The molecule has 1 aliphatic heterocycles. The second-order valence-electron chi connectivity index (χ2n) is 7.48.